The summed E-state index contributed by atoms with van der Waals surface area (Å²) in [5.74, 6) is 0. The van der Waals surface area contributed by atoms with Crippen LogP contribution in [0.5, 0.6) is 0 Å². The van der Waals surface area contributed by atoms with Gasteiger partial charge in [-0.3, -0.25) is 4.90 Å². The summed E-state index contributed by atoms with van der Waals surface area (Å²) >= 11 is 0. The van der Waals surface area contributed by atoms with Gasteiger partial charge in [0.15, 0.2) is 0 Å². The largest absolute Gasteiger partial charge is 0.490 e. The van der Waals surface area contributed by atoms with E-state index in [9.17, 15) is 4.79 Å². The molecule has 33 heavy (non-hydrogen) atoms. The molecule has 1 atom stereocenters. The molecule has 1 heterocycles. The van der Waals surface area contributed by atoms with Crippen molar-refractivity contribution in [1.82, 2.24) is 4.90 Å². The van der Waals surface area contributed by atoms with Gasteiger partial charge >= 0.3 is 13.2 Å². The fourth-order valence-corrected chi connectivity index (χ4v) is 4.01. The smallest absolute Gasteiger partial charge is 0.444 e. The van der Waals surface area contributed by atoms with Crippen LogP contribution in [-0.4, -0.2) is 41.5 Å². The molecule has 0 radical (unpaired) electrons. The lowest BCUT2D eigenvalue weighted by molar-refractivity contribution is 0.00498. The Morgan fingerprint density at radius 1 is 1.00 bits per heavy atom. The Hall–Kier alpha value is -1.79. The van der Waals surface area contributed by atoms with Crippen molar-refractivity contribution in [2.75, 3.05) is 6.54 Å². The van der Waals surface area contributed by atoms with Crippen LogP contribution in [0.2, 0.25) is 0 Å². The van der Waals surface area contributed by atoms with Crippen molar-refractivity contribution in [3.63, 3.8) is 0 Å². The first-order chi connectivity index (χ1) is 15.2. The molecule has 0 saturated carbocycles. The van der Waals surface area contributed by atoms with Gasteiger partial charge in [0.25, 0.3) is 0 Å². The van der Waals surface area contributed by atoms with Crippen LogP contribution < -0.4 is 0 Å². The zero-order valence-electron chi connectivity index (χ0n) is 22.1. The van der Waals surface area contributed by atoms with Crippen LogP contribution in [0.3, 0.4) is 0 Å². The summed E-state index contributed by atoms with van der Waals surface area (Å²) in [6.07, 6.45) is 6.74. The second kappa shape index (κ2) is 10.6. The summed E-state index contributed by atoms with van der Waals surface area (Å²) in [5, 5.41) is 0. The first-order valence-electron chi connectivity index (χ1n) is 12.3. The summed E-state index contributed by atoms with van der Waals surface area (Å²) in [5.41, 5.74) is -1.54. The molecule has 1 aromatic carbocycles. The molecule has 2 rings (SSSR count). The summed E-state index contributed by atoms with van der Waals surface area (Å²) < 4.78 is 18.9. The SMILES string of the molecule is C=CCCCCCCN(C(=O)OC(C)(C)C)[C@@](C)(B1OC(C)(C)C(C)(C)O1)c1ccccc1. The number of amides is 1. The van der Waals surface area contributed by atoms with Gasteiger partial charge in [0.2, 0.25) is 0 Å². The first kappa shape index (κ1) is 27.5. The van der Waals surface area contributed by atoms with E-state index in [-0.39, 0.29) is 6.09 Å². The lowest BCUT2D eigenvalue weighted by Gasteiger charge is -2.43. The number of allylic oxidation sites excluding steroid dienone is 1. The molecule has 0 aliphatic carbocycles. The predicted molar refractivity (Wildman–Crippen MR) is 136 cm³/mol. The minimum atomic E-state index is -0.865. The van der Waals surface area contributed by atoms with Gasteiger partial charge in [0, 0.05) is 6.54 Å². The topological polar surface area (TPSA) is 48.0 Å². The highest BCUT2D eigenvalue weighted by Gasteiger charge is 2.61. The molecule has 0 aromatic heterocycles. The maximum atomic E-state index is 13.6. The second-order valence-corrected chi connectivity index (χ2v) is 11.2. The highest BCUT2D eigenvalue weighted by molar-refractivity contribution is 6.49. The highest BCUT2D eigenvalue weighted by Crippen LogP contribution is 2.45. The average molecular weight is 457 g/mol. The monoisotopic (exact) mass is 457 g/mol. The van der Waals surface area contributed by atoms with E-state index in [2.05, 4.69) is 6.58 Å². The Kier molecular flexibility index (Phi) is 8.86. The molecule has 1 aromatic rings. The molecular weight excluding hydrogens is 413 g/mol. The normalized spacial score (nSPS) is 19.1. The molecular formula is C27H44BNO4. The number of unbranched alkanes of at least 4 members (excludes halogenated alkanes) is 4. The fraction of sp³-hybridized carbons (Fsp3) is 0.667. The molecule has 0 N–H and O–H groups in total. The Balaban J connectivity index is 2.44. The molecule has 184 valence electrons. The van der Waals surface area contributed by atoms with Crippen molar-refractivity contribution in [2.45, 2.75) is 110 Å². The van der Waals surface area contributed by atoms with Crippen molar-refractivity contribution < 1.29 is 18.8 Å². The van der Waals surface area contributed by atoms with Crippen LogP contribution in [0.4, 0.5) is 4.79 Å². The van der Waals surface area contributed by atoms with E-state index in [1.807, 2.05) is 96.7 Å². The van der Waals surface area contributed by atoms with Gasteiger partial charge in [-0.15, -0.1) is 6.58 Å². The number of carbonyl (C=O) groups is 1. The number of hydrogen-bond donors (Lipinski definition) is 0. The zero-order valence-corrected chi connectivity index (χ0v) is 22.1. The molecule has 0 spiro atoms. The van der Waals surface area contributed by atoms with E-state index in [4.69, 9.17) is 14.0 Å². The third-order valence-electron chi connectivity index (χ3n) is 6.79. The molecule has 1 amide bonds. The summed E-state index contributed by atoms with van der Waals surface area (Å²) in [6, 6.07) is 10.0. The zero-order chi connectivity index (χ0) is 24.9. The van der Waals surface area contributed by atoms with Crippen molar-refractivity contribution in [3.05, 3.63) is 48.6 Å². The quantitative estimate of drug-likeness (QED) is 0.218. The second-order valence-electron chi connectivity index (χ2n) is 11.2. The van der Waals surface area contributed by atoms with E-state index in [0.717, 1.165) is 37.7 Å². The lowest BCUT2D eigenvalue weighted by atomic mass is 9.60. The van der Waals surface area contributed by atoms with Crippen LogP contribution in [0.25, 0.3) is 0 Å². The molecule has 0 unspecified atom stereocenters. The molecule has 5 nitrogen and oxygen atoms in total. The van der Waals surface area contributed by atoms with Gasteiger partial charge in [0.1, 0.15) is 11.0 Å². The van der Waals surface area contributed by atoms with Gasteiger partial charge < -0.3 is 14.0 Å². The maximum Gasteiger partial charge on any atom is 0.490 e. The number of rotatable bonds is 10. The predicted octanol–water partition coefficient (Wildman–Crippen LogP) is 6.91. The minimum Gasteiger partial charge on any atom is -0.444 e. The molecule has 1 aliphatic rings. The van der Waals surface area contributed by atoms with Crippen molar-refractivity contribution in [1.29, 1.82) is 0 Å². The van der Waals surface area contributed by atoms with E-state index in [0.29, 0.717) is 6.54 Å². The van der Waals surface area contributed by atoms with Crippen molar-refractivity contribution in [3.8, 4) is 0 Å². The highest BCUT2D eigenvalue weighted by atomic mass is 16.7. The van der Waals surface area contributed by atoms with Gasteiger partial charge in [-0.1, -0.05) is 49.2 Å². The van der Waals surface area contributed by atoms with Crippen LogP contribution in [0.1, 0.15) is 93.1 Å². The van der Waals surface area contributed by atoms with Gasteiger partial charge in [-0.25, -0.2) is 4.79 Å². The summed E-state index contributed by atoms with van der Waals surface area (Å²) in [6.45, 7) is 20.2. The van der Waals surface area contributed by atoms with E-state index in [1.165, 1.54) is 0 Å². The van der Waals surface area contributed by atoms with Crippen molar-refractivity contribution in [2.24, 2.45) is 0 Å². The Morgan fingerprint density at radius 2 is 1.55 bits per heavy atom. The third kappa shape index (κ3) is 6.63. The Morgan fingerprint density at radius 3 is 2.06 bits per heavy atom. The van der Waals surface area contributed by atoms with E-state index < -0.39 is 29.4 Å². The molecule has 1 saturated heterocycles. The van der Waals surface area contributed by atoms with Crippen LogP contribution in [-0.2, 0) is 19.5 Å². The number of hydrogen-bond acceptors (Lipinski definition) is 4. The fourth-order valence-electron chi connectivity index (χ4n) is 4.01. The van der Waals surface area contributed by atoms with Crippen molar-refractivity contribution >= 4 is 13.2 Å². The Bertz CT molecular complexity index is 771. The molecule has 1 fully saturated rings. The average Bonchev–Trinajstić information content (AvgIpc) is 2.93. The van der Waals surface area contributed by atoms with Crippen LogP contribution >= 0.6 is 0 Å². The third-order valence-corrected chi connectivity index (χ3v) is 6.79. The van der Waals surface area contributed by atoms with E-state index >= 15 is 0 Å². The molecule has 1 aliphatic heterocycles. The van der Waals surface area contributed by atoms with Gasteiger partial charge in [0.05, 0.1) is 11.2 Å². The first-order valence-corrected chi connectivity index (χ1v) is 12.3. The lowest BCUT2D eigenvalue weighted by Crippen LogP contribution is -2.59. The summed E-state index contributed by atoms with van der Waals surface area (Å²) in [7, 11) is -0.641. The number of benzene rings is 1. The Labute approximate surface area is 202 Å². The van der Waals surface area contributed by atoms with Crippen LogP contribution in [0, 0.1) is 0 Å². The maximum absolute atomic E-state index is 13.6. The standard InChI is InChI=1S/C27H44BNO4/c1-10-11-12-13-14-18-21-29(23(30)31-24(2,3)4)27(9,22-19-16-15-17-20-22)28-32-25(5,6)26(7,8)33-28/h10,15-17,19-20H,1,11-14,18,21H2,2-9H3/t27-/m1/s1. The minimum absolute atomic E-state index is 0.352. The molecule has 0 bridgehead atoms. The summed E-state index contributed by atoms with van der Waals surface area (Å²) in [4.78, 5) is 15.4. The van der Waals surface area contributed by atoms with Crippen LogP contribution in [0.15, 0.2) is 43.0 Å². The van der Waals surface area contributed by atoms with Gasteiger partial charge in [-0.05, 0) is 80.2 Å². The molecule has 6 heteroatoms. The number of ether oxygens (including phenoxy) is 1. The number of carbonyl (C=O) groups excluding carboxylic acids is 1. The van der Waals surface area contributed by atoms with Gasteiger partial charge in [-0.2, -0.15) is 0 Å². The number of nitrogens with zero attached hydrogens (tertiary/aromatic N) is 1. The van der Waals surface area contributed by atoms with E-state index in [1.54, 1.807) is 0 Å².